The predicted octanol–water partition coefficient (Wildman–Crippen LogP) is 2.50. The standard InChI is InChI=1S/C27H32O2P.BrH/c1-29-27(28)22-14-3-2-4-15-23-30(24-16-8-5-9-17-24,25-18-10-6-11-19-25)26-20-12-7-13-21-26;/h5-13,16-21H,2-4,14-15,22-23H2,1H3;1H/q+1;/p-1. The Bertz CT molecular complexity index is 788. The molecule has 0 spiro atoms. The molecule has 3 rings (SSSR count). The van der Waals surface area contributed by atoms with E-state index >= 15 is 0 Å². The molecule has 2 nitrogen and oxygen atoms in total. The molecule has 0 saturated heterocycles. The van der Waals surface area contributed by atoms with Gasteiger partial charge >= 0.3 is 5.97 Å². The van der Waals surface area contributed by atoms with Crippen molar-refractivity contribution in [2.24, 2.45) is 0 Å². The SMILES string of the molecule is COC(=O)CCCCCCC[P+](c1ccccc1)(c1ccccc1)c1ccccc1.[Br-]. The van der Waals surface area contributed by atoms with Gasteiger partial charge in [0.15, 0.2) is 0 Å². The molecular weight excluding hydrogens is 467 g/mol. The van der Waals surface area contributed by atoms with Gasteiger partial charge in [0.1, 0.15) is 23.2 Å². The number of esters is 1. The lowest BCUT2D eigenvalue weighted by Crippen LogP contribution is -3.00. The van der Waals surface area contributed by atoms with E-state index in [0.29, 0.717) is 6.42 Å². The predicted molar refractivity (Wildman–Crippen MR) is 130 cm³/mol. The first-order valence-corrected chi connectivity index (χ1v) is 12.9. The maximum absolute atomic E-state index is 11.3. The summed E-state index contributed by atoms with van der Waals surface area (Å²) in [5.74, 6) is -0.0998. The van der Waals surface area contributed by atoms with Crippen LogP contribution in [0.3, 0.4) is 0 Å². The Morgan fingerprint density at radius 1 is 0.645 bits per heavy atom. The molecule has 0 N–H and O–H groups in total. The molecule has 0 saturated carbocycles. The maximum atomic E-state index is 11.3. The van der Waals surface area contributed by atoms with E-state index in [-0.39, 0.29) is 23.0 Å². The smallest absolute Gasteiger partial charge is 0.305 e. The van der Waals surface area contributed by atoms with Gasteiger partial charge in [-0.25, -0.2) is 0 Å². The van der Waals surface area contributed by atoms with Crippen LogP contribution < -0.4 is 32.9 Å². The molecule has 0 fully saturated rings. The third-order valence-corrected chi connectivity index (χ3v) is 10.2. The number of carbonyl (C=O) groups is 1. The van der Waals surface area contributed by atoms with E-state index in [2.05, 4.69) is 91.0 Å². The van der Waals surface area contributed by atoms with Gasteiger partial charge in [-0.05, 0) is 55.7 Å². The van der Waals surface area contributed by atoms with Gasteiger partial charge in [0.25, 0.3) is 0 Å². The summed E-state index contributed by atoms with van der Waals surface area (Å²) in [6.07, 6.45) is 7.24. The lowest BCUT2D eigenvalue weighted by Gasteiger charge is -2.27. The Labute approximate surface area is 198 Å². The van der Waals surface area contributed by atoms with Crippen molar-refractivity contribution in [1.29, 1.82) is 0 Å². The van der Waals surface area contributed by atoms with E-state index in [4.69, 9.17) is 4.74 Å². The number of unbranched alkanes of at least 4 members (excludes halogenated alkanes) is 4. The minimum absolute atomic E-state index is 0. The fourth-order valence-corrected chi connectivity index (χ4v) is 8.54. The van der Waals surface area contributed by atoms with Crippen LogP contribution in [-0.2, 0) is 9.53 Å². The van der Waals surface area contributed by atoms with Crippen LogP contribution in [0.1, 0.15) is 38.5 Å². The Morgan fingerprint density at radius 3 is 1.45 bits per heavy atom. The van der Waals surface area contributed by atoms with Gasteiger partial charge in [0.2, 0.25) is 0 Å². The number of hydrogen-bond donors (Lipinski definition) is 0. The molecular formula is C27H32BrO2P. The number of benzene rings is 3. The lowest BCUT2D eigenvalue weighted by atomic mass is 10.1. The molecule has 0 aliphatic heterocycles. The van der Waals surface area contributed by atoms with Gasteiger partial charge in [0, 0.05) is 6.42 Å². The number of ether oxygens (including phenoxy) is 1. The molecule has 0 bridgehead atoms. The first-order valence-electron chi connectivity index (χ1n) is 10.9. The highest BCUT2D eigenvalue weighted by atomic mass is 79.9. The molecule has 0 aromatic heterocycles. The third kappa shape index (κ3) is 6.76. The highest BCUT2D eigenvalue weighted by Crippen LogP contribution is 2.55. The molecule has 0 aliphatic carbocycles. The van der Waals surface area contributed by atoms with E-state index in [1.165, 1.54) is 42.0 Å². The largest absolute Gasteiger partial charge is 1.00 e. The summed E-state index contributed by atoms with van der Waals surface area (Å²) in [4.78, 5) is 11.3. The van der Waals surface area contributed by atoms with Crippen LogP contribution in [0.4, 0.5) is 0 Å². The van der Waals surface area contributed by atoms with Crippen molar-refractivity contribution in [2.75, 3.05) is 13.3 Å². The van der Waals surface area contributed by atoms with Gasteiger partial charge in [-0.2, -0.15) is 0 Å². The lowest BCUT2D eigenvalue weighted by molar-refractivity contribution is -0.140. The summed E-state index contributed by atoms with van der Waals surface area (Å²) in [7, 11) is -0.243. The highest BCUT2D eigenvalue weighted by molar-refractivity contribution is 7.95. The van der Waals surface area contributed by atoms with Gasteiger partial charge in [0.05, 0.1) is 13.3 Å². The summed E-state index contributed by atoms with van der Waals surface area (Å²) in [5.41, 5.74) is 0. The Morgan fingerprint density at radius 2 is 1.03 bits per heavy atom. The summed E-state index contributed by atoms with van der Waals surface area (Å²) < 4.78 is 4.74. The molecule has 3 aromatic carbocycles. The number of methoxy groups -OCH3 is 1. The fourth-order valence-electron chi connectivity index (χ4n) is 4.13. The van der Waals surface area contributed by atoms with E-state index in [1.54, 1.807) is 0 Å². The second kappa shape index (κ2) is 13.5. The molecule has 4 heteroatoms. The second-order valence-corrected chi connectivity index (χ2v) is 11.2. The van der Waals surface area contributed by atoms with Crippen molar-refractivity contribution in [3.8, 4) is 0 Å². The van der Waals surface area contributed by atoms with Gasteiger partial charge in [-0.3, -0.25) is 4.79 Å². The normalized spacial score (nSPS) is 10.9. The van der Waals surface area contributed by atoms with Crippen molar-refractivity contribution in [1.82, 2.24) is 0 Å². The average molecular weight is 499 g/mol. The molecule has 0 aliphatic rings. The van der Waals surface area contributed by atoms with Gasteiger partial charge in [-0.15, -0.1) is 0 Å². The summed E-state index contributed by atoms with van der Waals surface area (Å²) >= 11 is 0. The van der Waals surface area contributed by atoms with Crippen LogP contribution >= 0.6 is 7.26 Å². The number of rotatable bonds is 11. The molecule has 3 aromatic rings. The zero-order chi connectivity index (χ0) is 21.1. The molecule has 0 amide bonds. The third-order valence-electron chi connectivity index (χ3n) is 5.69. The van der Waals surface area contributed by atoms with E-state index < -0.39 is 7.26 Å². The van der Waals surface area contributed by atoms with Crippen molar-refractivity contribution < 1.29 is 26.5 Å². The minimum Gasteiger partial charge on any atom is -1.00 e. The second-order valence-electron chi connectivity index (χ2n) is 7.63. The molecule has 0 radical (unpaired) electrons. The first kappa shape index (κ1) is 25.3. The monoisotopic (exact) mass is 498 g/mol. The zero-order valence-corrected chi connectivity index (χ0v) is 20.7. The van der Waals surface area contributed by atoms with Gasteiger partial charge < -0.3 is 21.7 Å². The van der Waals surface area contributed by atoms with Crippen molar-refractivity contribution in [3.63, 3.8) is 0 Å². The van der Waals surface area contributed by atoms with Crippen LogP contribution in [0.5, 0.6) is 0 Å². The average Bonchev–Trinajstić information content (AvgIpc) is 2.82. The van der Waals surface area contributed by atoms with Crippen LogP contribution in [0.25, 0.3) is 0 Å². The maximum Gasteiger partial charge on any atom is 0.305 e. The number of halogens is 1. The quantitative estimate of drug-likeness (QED) is 0.230. The Kier molecular flexibility index (Phi) is 11.0. The topological polar surface area (TPSA) is 26.3 Å². The van der Waals surface area contributed by atoms with E-state index in [9.17, 15) is 4.79 Å². The van der Waals surface area contributed by atoms with Crippen molar-refractivity contribution in [3.05, 3.63) is 91.0 Å². The van der Waals surface area contributed by atoms with Crippen LogP contribution in [0.15, 0.2) is 91.0 Å². The molecule has 0 heterocycles. The molecule has 31 heavy (non-hydrogen) atoms. The number of hydrogen-bond acceptors (Lipinski definition) is 2. The van der Waals surface area contributed by atoms with Gasteiger partial charge in [-0.1, -0.05) is 67.4 Å². The number of carbonyl (C=O) groups excluding carboxylic acids is 1. The Hall–Kier alpha value is -1.96. The van der Waals surface area contributed by atoms with E-state index in [0.717, 1.165) is 19.3 Å². The molecule has 0 unspecified atom stereocenters. The molecule has 0 atom stereocenters. The minimum atomic E-state index is -1.70. The molecule has 164 valence electrons. The zero-order valence-electron chi connectivity index (χ0n) is 18.3. The Balaban J connectivity index is 0.00000341. The van der Waals surface area contributed by atoms with Crippen molar-refractivity contribution >= 4 is 29.1 Å². The van der Waals surface area contributed by atoms with Crippen LogP contribution in [-0.4, -0.2) is 19.2 Å². The summed E-state index contributed by atoms with van der Waals surface area (Å²) in [5, 5.41) is 4.36. The summed E-state index contributed by atoms with van der Waals surface area (Å²) in [6.45, 7) is 0. The first-order chi connectivity index (χ1) is 14.8. The fraction of sp³-hybridized carbons (Fsp3) is 0.296. The van der Waals surface area contributed by atoms with E-state index in [1.807, 2.05) is 0 Å². The van der Waals surface area contributed by atoms with Crippen LogP contribution in [0, 0.1) is 0 Å². The summed E-state index contributed by atoms with van der Waals surface area (Å²) in [6, 6.07) is 33.2. The highest BCUT2D eigenvalue weighted by Gasteiger charge is 2.44. The van der Waals surface area contributed by atoms with Crippen LogP contribution in [0.2, 0.25) is 0 Å². The van der Waals surface area contributed by atoms with Crippen molar-refractivity contribution in [2.45, 2.75) is 38.5 Å².